The SMILES string of the molecule is CN1CCN(CC[C@@H]2CCCCN2C(=S)NCCCN2CCOCC2)CC1. The van der Waals surface area contributed by atoms with Crippen LogP contribution in [0.5, 0.6) is 0 Å². The maximum atomic E-state index is 5.77. The Morgan fingerprint density at radius 2 is 1.70 bits per heavy atom. The van der Waals surface area contributed by atoms with Crippen molar-refractivity contribution in [3.8, 4) is 0 Å². The topological polar surface area (TPSA) is 34.2 Å². The third kappa shape index (κ3) is 7.13. The van der Waals surface area contributed by atoms with E-state index in [1.807, 2.05) is 0 Å². The highest BCUT2D eigenvalue weighted by Gasteiger charge is 2.25. The number of nitrogens with zero attached hydrogens (tertiary/aromatic N) is 4. The Hall–Kier alpha value is -0.470. The van der Waals surface area contributed by atoms with Crippen LogP contribution in [0.2, 0.25) is 0 Å². The standard InChI is InChI=1S/C20H39N5OS/c1-22-11-13-24(14-12-22)10-6-19-5-2-3-9-25(19)20(27)21-7-4-8-23-15-17-26-18-16-23/h19H,2-18H2,1H3,(H,21,27)/t19-/m0/s1. The Morgan fingerprint density at radius 3 is 2.48 bits per heavy atom. The van der Waals surface area contributed by atoms with Gasteiger partial charge in [0, 0.05) is 64.9 Å². The summed E-state index contributed by atoms with van der Waals surface area (Å²) in [5.41, 5.74) is 0. The number of ether oxygens (including phenoxy) is 1. The molecule has 0 aromatic heterocycles. The number of rotatable bonds is 7. The van der Waals surface area contributed by atoms with Crippen LogP contribution in [-0.2, 0) is 4.74 Å². The van der Waals surface area contributed by atoms with Gasteiger partial charge in [0.05, 0.1) is 13.2 Å². The minimum atomic E-state index is 0.623. The molecule has 0 bridgehead atoms. The molecule has 3 aliphatic rings. The molecule has 0 saturated carbocycles. The number of morpholine rings is 1. The highest BCUT2D eigenvalue weighted by Crippen LogP contribution is 2.20. The van der Waals surface area contributed by atoms with E-state index in [1.54, 1.807) is 0 Å². The molecule has 1 atom stereocenters. The molecule has 6 nitrogen and oxygen atoms in total. The van der Waals surface area contributed by atoms with Crippen molar-refractivity contribution in [2.45, 2.75) is 38.1 Å². The van der Waals surface area contributed by atoms with Gasteiger partial charge in [0.15, 0.2) is 5.11 Å². The molecule has 0 amide bonds. The van der Waals surface area contributed by atoms with Gasteiger partial charge in [-0.05, 0) is 57.9 Å². The molecule has 3 fully saturated rings. The van der Waals surface area contributed by atoms with E-state index >= 15 is 0 Å². The average molecular weight is 398 g/mol. The summed E-state index contributed by atoms with van der Waals surface area (Å²) in [5, 5.41) is 4.53. The van der Waals surface area contributed by atoms with E-state index in [-0.39, 0.29) is 0 Å². The summed E-state index contributed by atoms with van der Waals surface area (Å²) < 4.78 is 5.42. The minimum Gasteiger partial charge on any atom is -0.379 e. The van der Waals surface area contributed by atoms with Crippen molar-refractivity contribution in [1.82, 2.24) is 24.9 Å². The number of thiocarbonyl (C=S) groups is 1. The zero-order chi connectivity index (χ0) is 18.9. The van der Waals surface area contributed by atoms with Crippen LogP contribution in [0.4, 0.5) is 0 Å². The summed E-state index contributed by atoms with van der Waals surface area (Å²) in [7, 11) is 2.23. The van der Waals surface area contributed by atoms with Gasteiger partial charge in [0.2, 0.25) is 0 Å². The van der Waals surface area contributed by atoms with Gasteiger partial charge in [0.1, 0.15) is 0 Å². The van der Waals surface area contributed by atoms with Gasteiger partial charge in [-0.25, -0.2) is 0 Å². The molecule has 0 aromatic rings. The number of likely N-dealkylation sites (N-methyl/N-ethyl adjacent to an activating group) is 1. The van der Waals surface area contributed by atoms with E-state index < -0.39 is 0 Å². The zero-order valence-corrected chi connectivity index (χ0v) is 18.0. The van der Waals surface area contributed by atoms with Gasteiger partial charge in [-0.2, -0.15) is 0 Å². The molecule has 156 valence electrons. The Morgan fingerprint density at radius 1 is 0.963 bits per heavy atom. The van der Waals surface area contributed by atoms with E-state index in [1.165, 1.54) is 58.4 Å². The molecule has 0 unspecified atom stereocenters. The predicted molar refractivity (Wildman–Crippen MR) is 115 cm³/mol. The molecule has 1 N–H and O–H groups in total. The van der Waals surface area contributed by atoms with Gasteiger partial charge < -0.3 is 24.8 Å². The molecule has 3 aliphatic heterocycles. The molecule has 0 radical (unpaired) electrons. The lowest BCUT2D eigenvalue weighted by Crippen LogP contribution is -2.51. The Balaban J connectivity index is 1.34. The number of nitrogens with one attached hydrogen (secondary N) is 1. The molecule has 7 heteroatoms. The van der Waals surface area contributed by atoms with E-state index in [0.29, 0.717) is 6.04 Å². The first-order chi connectivity index (χ1) is 13.2. The van der Waals surface area contributed by atoms with E-state index in [4.69, 9.17) is 17.0 Å². The van der Waals surface area contributed by atoms with Crippen molar-refractivity contribution in [1.29, 1.82) is 0 Å². The minimum absolute atomic E-state index is 0.623. The Bertz CT molecular complexity index is 438. The maximum absolute atomic E-state index is 5.77. The second kappa shape index (κ2) is 11.5. The second-order valence-corrected chi connectivity index (χ2v) is 8.70. The van der Waals surface area contributed by atoms with Crippen LogP contribution in [0.1, 0.15) is 32.1 Å². The molecular weight excluding hydrogens is 358 g/mol. The molecule has 27 heavy (non-hydrogen) atoms. The van der Waals surface area contributed by atoms with Crippen molar-refractivity contribution in [3.05, 3.63) is 0 Å². The van der Waals surface area contributed by atoms with Gasteiger partial charge in [0.25, 0.3) is 0 Å². The molecule has 3 saturated heterocycles. The number of piperidine rings is 1. The van der Waals surface area contributed by atoms with Gasteiger partial charge >= 0.3 is 0 Å². The highest BCUT2D eigenvalue weighted by atomic mass is 32.1. The Labute approximate surface area is 171 Å². The van der Waals surface area contributed by atoms with Crippen LogP contribution in [-0.4, -0.2) is 116 Å². The number of piperazine rings is 1. The van der Waals surface area contributed by atoms with Crippen LogP contribution < -0.4 is 5.32 Å². The fourth-order valence-electron chi connectivity index (χ4n) is 4.40. The first-order valence-electron chi connectivity index (χ1n) is 11.0. The zero-order valence-electron chi connectivity index (χ0n) is 17.2. The van der Waals surface area contributed by atoms with E-state index in [0.717, 1.165) is 57.5 Å². The Kier molecular flexibility index (Phi) is 9.06. The molecule has 3 rings (SSSR count). The predicted octanol–water partition coefficient (Wildman–Crippen LogP) is 1.08. The van der Waals surface area contributed by atoms with Crippen molar-refractivity contribution >= 4 is 17.3 Å². The van der Waals surface area contributed by atoms with Crippen LogP contribution in [0, 0.1) is 0 Å². The molecule has 0 aromatic carbocycles. The highest BCUT2D eigenvalue weighted by molar-refractivity contribution is 7.80. The largest absolute Gasteiger partial charge is 0.379 e. The molecule has 0 aliphatic carbocycles. The van der Waals surface area contributed by atoms with Crippen molar-refractivity contribution in [2.24, 2.45) is 0 Å². The lowest BCUT2D eigenvalue weighted by Gasteiger charge is -2.40. The first kappa shape index (κ1) is 21.2. The summed E-state index contributed by atoms with van der Waals surface area (Å²) in [6, 6.07) is 0.623. The number of hydrogen-bond acceptors (Lipinski definition) is 5. The summed E-state index contributed by atoms with van der Waals surface area (Å²) in [4.78, 5) is 10.0. The van der Waals surface area contributed by atoms with Gasteiger partial charge in [-0.15, -0.1) is 0 Å². The maximum Gasteiger partial charge on any atom is 0.169 e. The molecule has 3 heterocycles. The lowest BCUT2D eigenvalue weighted by molar-refractivity contribution is 0.0375. The van der Waals surface area contributed by atoms with Crippen LogP contribution in [0.25, 0.3) is 0 Å². The normalized spacial score (nSPS) is 26.3. The van der Waals surface area contributed by atoms with Gasteiger partial charge in [-0.3, -0.25) is 4.90 Å². The van der Waals surface area contributed by atoms with E-state index in [9.17, 15) is 0 Å². The number of likely N-dealkylation sites (tertiary alicyclic amines) is 1. The monoisotopic (exact) mass is 397 g/mol. The third-order valence-electron chi connectivity index (χ3n) is 6.29. The van der Waals surface area contributed by atoms with E-state index in [2.05, 4.69) is 32.0 Å². The van der Waals surface area contributed by atoms with Crippen LogP contribution in [0.15, 0.2) is 0 Å². The summed E-state index contributed by atoms with van der Waals surface area (Å²) in [6.45, 7) is 13.2. The molecular formula is C20H39N5OS. The lowest BCUT2D eigenvalue weighted by atomic mass is 9.99. The third-order valence-corrected chi connectivity index (χ3v) is 6.67. The van der Waals surface area contributed by atoms with Crippen molar-refractivity contribution < 1.29 is 4.74 Å². The van der Waals surface area contributed by atoms with Gasteiger partial charge in [-0.1, -0.05) is 0 Å². The van der Waals surface area contributed by atoms with Crippen molar-refractivity contribution in [2.75, 3.05) is 85.7 Å². The summed E-state index contributed by atoms with van der Waals surface area (Å²) in [5.74, 6) is 0. The summed E-state index contributed by atoms with van der Waals surface area (Å²) in [6.07, 6.45) is 6.33. The first-order valence-corrected chi connectivity index (χ1v) is 11.4. The van der Waals surface area contributed by atoms with Crippen LogP contribution >= 0.6 is 12.2 Å². The fourth-order valence-corrected chi connectivity index (χ4v) is 4.74. The number of hydrogen-bond donors (Lipinski definition) is 1. The van der Waals surface area contributed by atoms with Crippen molar-refractivity contribution in [3.63, 3.8) is 0 Å². The molecule has 0 spiro atoms. The summed E-state index contributed by atoms with van der Waals surface area (Å²) >= 11 is 5.77. The quantitative estimate of drug-likeness (QED) is 0.508. The smallest absolute Gasteiger partial charge is 0.169 e. The second-order valence-electron chi connectivity index (χ2n) is 8.32. The average Bonchev–Trinajstić information content (AvgIpc) is 2.71. The fraction of sp³-hybridized carbons (Fsp3) is 0.950. The van der Waals surface area contributed by atoms with Crippen LogP contribution in [0.3, 0.4) is 0 Å².